The minimum Gasteiger partial charge on any atom is -0.480 e. The largest absolute Gasteiger partial charge is 0.480 e. The number of esters is 1. The van der Waals surface area contributed by atoms with E-state index in [-0.39, 0.29) is 48.1 Å². The molecule has 4 fully saturated rings. The number of aliphatic carboxylic acids is 1. The van der Waals surface area contributed by atoms with E-state index in [0.717, 1.165) is 43.1 Å². The molecule has 194 valence electrons. The summed E-state index contributed by atoms with van der Waals surface area (Å²) in [5.74, 6) is 0.674. The van der Waals surface area contributed by atoms with Crippen LogP contribution in [0.4, 0.5) is 0 Å². The van der Waals surface area contributed by atoms with Crippen LogP contribution in [0.2, 0.25) is 0 Å². The minimum atomic E-state index is -0.986. The second-order valence-corrected chi connectivity index (χ2v) is 10.5. The van der Waals surface area contributed by atoms with Crippen LogP contribution in [-0.4, -0.2) is 59.1 Å². The summed E-state index contributed by atoms with van der Waals surface area (Å²) in [5, 5.41) is 12.8. The van der Waals surface area contributed by atoms with Gasteiger partial charge in [-0.05, 0) is 88.0 Å². The summed E-state index contributed by atoms with van der Waals surface area (Å²) in [5.41, 5.74) is 1.11. The van der Waals surface area contributed by atoms with Crippen molar-refractivity contribution >= 4 is 34.8 Å². The van der Waals surface area contributed by atoms with Gasteiger partial charge >= 0.3 is 11.9 Å². The van der Waals surface area contributed by atoms with Crippen molar-refractivity contribution in [3.05, 3.63) is 35.9 Å². The van der Waals surface area contributed by atoms with Crippen molar-refractivity contribution in [1.82, 2.24) is 10.2 Å². The van der Waals surface area contributed by atoms with Crippen molar-refractivity contribution in [3.8, 4) is 0 Å². The standard InChI is InChI=1S/C27H38N2O5.BrH/c1-3-34-27(33)23(10-9-18-7-5-4-6-8-18)28-17(2)26(32)29(16-24(30)31)25-21-12-19-11-20(14-21)15-22(25)13-19;/h4-8,17,19-23,25,28H,3,9-16H2,1-2H3,(H,30,31);1H/t17-,19?,20?,21?,22?,23?,25?;/m0./s1. The number of carboxylic acid groups (broad SMARTS) is 1. The first-order valence-corrected chi connectivity index (χ1v) is 12.8. The highest BCUT2D eigenvalue weighted by Gasteiger charge is 2.51. The molecule has 7 nitrogen and oxygen atoms in total. The number of rotatable bonds is 11. The molecule has 2 N–H and O–H groups in total. The second kappa shape index (κ2) is 12.3. The Morgan fingerprint density at radius 1 is 1.06 bits per heavy atom. The Kier molecular flexibility index (Phi) is 9.76. The van der Waals surface area contributed by atoms with Gasteiger partial charge in [-0.1, -0.05) is 30.3 Å². The van der Waals surface area contributed by atoms with Crippen molar-refractivity contribution in [2.24, 2.45) is 23.7 Å². The molecule has 0 saturated heterocycles. The number of benzene rings is 1. The average Bonchev–Trinajstić information content (AvgIpc) is 2.80. The monoisotopic (exact) mass is 550 g/mol. The van der Waals surface area contributed by atoms with Crippen molar-refractivity contribution in [2.75, 3.05) is 13.2 Å². The molecule has 1 aromatic rings. The van der Waals surface area contributed by atoms with Crippen LogP contribution in [0.3, 0.4) is 0 Å². The van der Waals surface area contributed by atoms with Crippen LogP contribution in [0.15, 0.2) is 30.3 Å². The minimum absolute atomic E-state index is 0. The summed E-state index contributed by atoms with van der Waals surface area (Å²) in [6, 6.07) is 8.57. The van der Waals surface area contributed by atoms with Crippen LogP contribution in [0.5, 0.6) is 0 Å². The number of nitrogens with zero attached hydrogens (tertiary/aromatic N) is 1. The lowest BCUT2D eigenvalue weighted by atomic mass is 9.54. The molecule has 4 aliphatic rings. The number of amides is 1. The Morgan fingerprint density at radius 3 is 2.20 bits per heavy atom. The number of aryl methyl sites for hydroxylation is 1. The summed E-state index contributed by atoms with van der Waals surface area (Å²) >= 11 is 0. The van der Waals surface area contributed by atoms with Gasteiger partial charge in [-0.25, -0.2) is 0 Å². The van der Waals surface area contributed by atoms with E-state index in [4.69, 9.17) is 4.74 Å². The summed E-state index contributed by atoms with van der Waals surface area (Å²) in [7, 11) is 0. The van der Waals surface area contributed by atoms with Gasteiger partial charge in [0.05, 0.1) is 12.6 Å². The number of carboxylic acids is 1. The number of hydrogen-bond acceptors (Lipinski definition) is 5. The molecule has 2 atom stereocenters. The number of hydrogen-bond donors (Lipinski definition) is 2. The Balaban J connectivity index is 0.00000342. The maximum absolute atomic E-state index is 13.6. The van der Waals surface area contributed by atoms with E-state index in [0.29, 0.717) is 24.7 Å². The van der Waals surface area contributed by atoms with E-state index >= 15 is 0 Å². The molecule has 5 rings (SSSR count). The first-order valence-electron chi connectivity index (χ1n) is 12.8. The van der Waals surface area contributed by atoms with Gasteiger partial charge in [0.2, 0.25) is 5.91 Å². The number of carbonyl (C=O) groups excluding carboxylic acids is 2. The van der Waals surface area contributed by atoms with Crippen molar-refractivity contribution in [3.63, 3.8) is 0 Å². The Bertz CT molecular complexity index is 852. The first-order chi connectivity index (χ1) is 16.4. The third-order valence-electron chi connectivity index (χ3n) is 8.08. The molecule has 0 aromatic heterocycles. The van der Waals surface area contributed by atoms with Crippen LogP contribution >= 0.6 is 17.0 Å². The fourth-order valence-corrected chi connectivity index (χ4v) is 6.97. The van der Waals surface area contributed by atoms with Gasteiger partial charge in [0.1, 0.15) is 12.6 Å². The van der Waals surface area contributed by atoms with Crippen LogP contribution in [0, 0.1) is 23.7 Å². The van der Waals surface area contributed by atoms with E-state index in [1.54, 1.807) is 18.7 Å². The third-order valence-corrected chi connectivity index (χ3v) is 8.08. The van der Waals surface area contributed by atoms with E-state index in [1.807, 2.05) is 30.3 Å². The zero-order chi connectivity index (χ0) is 24.2. The summed E-state index contributed by atoms with van der Waals surface area (Å²) in [6.07, 6.45) is 6.88. The van der Waals surface area contributed by atoms with Gasteiger partial charge < -0.3 is 14.7 Å². The van der Waals surface area contributed by atoms with Crippen molar-refractivity contribution < 1.29 is 24.2 Å². The Labute approximate surface area is 218 Å². The molecule has 1 unspecified atom stereocenters. The average molecular weight is 552 g/mol. The highest BCUT2D eigenvalue weighted by atomic mass is 79.9. The number of carbonyl (C=O) groups is 3. The highest BCUT2D eigenvalue weighted by Crippen LogP contribution is 2.55. The number of nitrogens with one attached hydrogen (secondary N) is 1. The van der Waals surface area contributed by atoms with Gasteiger partial charge in [-0.3, -0.25) is 19.7 Å². The van der Waals surface area contributed by atoms with Crippen molar-refractivity contribution in [1.29, 1.82) is 0 Å². The van der Waals surface area contributed by atoms with Gasteiger partial charge in [0, 0.05) is 6.04 Å². The maximum Gasteiger partial charge on any atom is 0.323 e. The Hall–Kier alpha value is -1.93. The van der Waals surface area contributed by atoms with Gasteiger partial charge in [0.25, 0.3) is 0 Å². The predicted octanol–water partition coefficient (Wildman–Crippen LogP) is 3.84. The quantitative estimate of drug-likeness (QED) is 0.406. The maximum atomic E-state index is 13.6. The predicted molar refractivity (Wildman–Crippen MR) is 138 cm³/mol. The molecule has 4 bridgehead atoms. The lowest BCUT2D eigenvalue weighted by molar-refractivity contribution is -0.156. The number of halogens is 1. The van der Waals surface area contributed by atoms with Crippen LogP contribution in [-0.2, 0) is 25.5 Å². The highest BCUT2D eigenvalue weighted by molar-refractivity contribution is 8.93. The second-order valence-electron chi connectivity index (χ2n) is 10.5. The SMILES string of the molecule is Br.CCOC(=O)C(CCc1ccccc1)N[C@@H](C)C(=O)N(CC(=O)O)C1C2CC3CC(C2)CC1C3. The van der Waals surface area contributed by atoms with E-state index in [2.05, 4.69) is 5.32 Å². The third kappa shape index (κ3) is 6.64. The smallest absolute Gasteiger partial charge is 0.323 e. The van der Waals surface area contributed by atoms with Crippen LogP contribution in [0.1, 0.15) is 57.9 Å². The molecule has 0 aliphatic heterocycles. The lowest BCUT2D eigenvalue weighted by Gasteiger charge is -2.57. The van der Waals surface area contributed by atoms with Gasteiger partial charge in [0.15, 0.2) is 0 Å². The lowest BCUT2D eigenvalue weighted by Crippen LogP contribution is -2.61. The zero-order valence-corrected chi connectivity index (χ0v) is 22.4. The first kappa shape index (κ1) is 27.7. The van der Waals surface area contributed by atoms with Gasteiger partial charge in [-0.15, -0.1) is 17.0 Å². The zero-order valence-electron chi connectivity index (χ0n) is 20.7. The molecule has 4 aliphatic carbocycles. The van der Waals surface area contributed by atoms with Gasteiger partial charge in [-0.2, -0.15) is 0 Å². The molecule has 1 amide bonds. The molecular formula is C27H39BrN2O5. The molecule has 8 heteroatoms. The number of ether oxygens (including phenoxy) is 1. The van der Waals surface area contributed by atoms with E-state index in [1.165, 1.54) is 6.42 Å². The summed E-state index contributed by atoms with van der Waals surface area (Å²) in [6.45, 7) is 3.49. The normalized spacial score (nSPS) is 28.0. The molecule has 35 heavy (non-hydrogen) atoms. The van der Waals surface area contributed by atoms with E-state index in [9.17, 15) is 19.5 Å². The molecule has 1 aromatic carbocycles. The molecule has 0 heterocycles. The van der Waals surface area contributed by atoms with E-state index < -0.39 is 18.1 Å². The van der Waals surface area contributed by atoms with Crippen LogP contribution < -0.4 is 5.32 Å². The fraction of sp³-hybridized carbons (Fsp3) is 0.667. The molecule has 0 radical (unpaired) electrons. The topological polar surface area (TPSA) is 95.9 Å². The Morgan fingerprint density at radius 2 is 1.66 bits per heavy atom. The molecular weight excluding hydrogens is 512 g/mol. The molecule has 0 spiro atoms. The summed E-state index contributed by atoms with van der Waals surface area (Å²) in [4.78, 5) is 39.7. The summed E-state index contributed by atoms with van der Waals surface area (Å²) < 4.78 is 5.27. The fourth-order valence-electron chi connectivity index (χ4n) is 6.97. The van der Waals surface area contributed by atoms with Crippen LogP contribution in [0.25, 0.3) is 0 Å². The molecule has 4 saturated carbocycles. The van der Waals surface area contributed by atoms with Crippen molar-refractivity contribution in [2.45, 2.75) is 76.9 Å².